The van der Waals surface area contributed by atoms with Crippen LogP contribution in [0.1, 0.15) is 12.8 Å². The number of carbonyl (C=O) groups excluding carboxylic acids is 1. The molecule has 2 aliphatic rings. The summed E-state index contributed by atoms with van der Waals surface area (Å²) in [6.07, 6.45) is 2.07. The number of amides is 1. The van der Waals surface area contributed by atoms with Crippen molar-refractivity contribution in [2.45, 2.75) is 24.9 Å². The zero-order chi connectivity index (χ0) is 15.0. The molecule has 21 heavy (non-hydrogen) atoms. The monoisotopic (exact) mass is 349 g/mol. The van der Waals surface area contributed by atoms with Crippen LogP contribution in [0.15, 0.2) is 6.07 Å². The Morgan fingerprint density at radius 3 is 2.81 bits per heavy atom. The van der Waals surface area contributed by atoms with Gasteiger partial charge in [0.25, 0.3) is 0 Å². The van der Waals surface area contributed by atoms with Crippen LogP contribution < -0.4 is 10.2 Å². The van der Waals surface area contributed by atoms with Crippen LogP contribution in [-0.4, -0.2) is 42.7 Å². The van der Waals surface area contributed by atoms with E-state index < -0.39 is 6.04 Å². The third kappa shape index (κ3) is 3.37. The van der Waals surface area contributed by atoms with Gasteiger partial charge in [0.15, 0.2) is 0 Å². The number of anilines is 1. The number of hydrogen-bond acceptors (Lipinski definition) is 4. The molecule has 0 aromatic carbocycles. The SMILES string of the molecule is O=C(NC1CC1)C1COCCN1c1nc(Cl)c(Cl)cc1Cl. The fourth-order valence-corrected chi connectivity index (χ4v) is 2.84. The van der Waals surface area contributed by atoms with Gasteiger partial charge in [-0.2, -0.15) is 0 Å². The van der Waals surface area contributed by atoms with E-state index in [1.54, 1.807) is 6.07 Å². The fraction of sp³-hybridized carbons (Fsp3) is 0.538. The number of morpholine rings is 1. The average molecular weight is 351 g/mol. The van der Waals surface area contributed by atoms with Crippen molar-refractivity contribution in [1.82, 2.24) is 10.3 Å². The van der Waals surface area contributed by atoms with Crippen molar-refractivity contribution in [3.8, 4) is 0 Å². The predicted molar refractivity (Wildman–Crippen MR) is 82.4 cm³/mol. The van der Waals surface area contributed by atoms with E-state index in [2.05, 4.69) is 10.3 Å². The summed E-state index contributed by atoms with van der Waals surface area (Å²) < 4.78 is 5.42. The average Bonchev–Trinajstić information content (AvgIpc) is 3.27. The van der Waals surface area contributed by atoms with Crippen molar-refractivity contribution in [3.05, 3.63) is 21.3 Å². The lowest BCUT2D eigenvalue weighted by Crippen LogP contribution is -2.54. The van der Waals surface area contributed by atoms with E-state index in [0.717, 1.165) is 12.8 Å². The number of rotatable bonds is 3. The van der Waals surface area contributed by atoms with Crippen LogP contribution in [0.3, 0.4) is 0 Å². The highest BCUT2D eigenvalue weighted by Crippen LogP contribution is 2.33. The molecule has 0 spiro atoms. The standard InChI is InChI=1S/C13H14Cl3N3O2/c14-8-5-9(15)12(18-11(8)16)19-3-4-21-6-10(19)13(20)17-7-1-2-7/h5,7,10H,1-4,6H2,(H,17,20). The highest BCUT2D eigenvalue weighted by atomic mass is 35.5. The van der Waals surface area contributed by atoms with Crippen LogP contribution >= 0.6 is 34.8 Å². The number of ether oxygens (including phenoxy) is 1. The number of carbonyl (C=O) groups is 1. The van der Waals surface area contributed by atoms with Gasteiger partial charge in [-0.25, -0.2) is 4.98 Å². The van der Waals surface area contributed by atoms with Gasteiger partial charge >= 0.3 is 0 Å². The molecule has 1 amide bonds. The third-order valence-corrected chi connectivity index (χ3v) is 4.45. The summed E-state index contributed by atoms with van der Waals surface area (Å²) in [5, 5.41) is 3.81. The van der Waals surface area contributed by atoms with Crippen LogP contribution in [0.4, 0.5) is 5.82 Å². The Morgan fingerprint density at radius 2 is 2.10 bits per heavy atom. The van der Waals surface area contributed by atoms with Gasteiger partial charge in [-0.3, -0.25) is 4.79 Å². The third-order valence-electron chi connectivity index (χ3n) is 3.50. The first-order valence-electron chi connectivity index (χ1n) is 6.72. The van der Waals surface area contributed by atoms with Crippen LogP contribution in [0, 0.1) is 0 Å². The Balaban J connectivity index is 1.86. The molecule has 8 heteroatoms. The molecule has 1 N–H and O–H groups in total. The molecule has 1 unspecified atom stereocenters. The van der Waals surface area contributed by atoms with E-state index in [-0.39, 0.29) is 16.1 Å². The van der Waals surface area contributed by atoms with Gasteiger partial charge in [-0.15, -0.1) is 0 Å². The van der Waals surface area contributed by atoms with E-state index in [9.17, 15) is 4.79 Å². The lowest BCUT2D eigenvalue weighted by molar-refractivity contribution is -0.124. The number of aromatic nitrogens is 1. The fourth-order valence-electron chi connectivity index (χ4n) is 2.24. The molecule has 1 aromatic heterocycles. The molecule has 1 atom stereocenters. The van der Waals surface area contributed by atoms with Crippen molar-refractivity contribution in [2.75, 3.05) is 24.7 Å². The molecule has 2 heterocycles. The van der Waals surface area contributed by atoms with Crippen molar-refractivity contribution < 1.29 is 9.53 Å². The Kier molecular flexibility index (Phi) is 4.45. The quantitative estimate of drug-likeness (QED) is 0.851. The molecular weight excluding hydrogens is 337 g/mol. The number of nitrogens with zero attached hydrogens (tertiary/aromatic N) is 2. The van der Waals surface area contributed by atoms with Gasteiger partial charge < -0.3 is 15.0 Å². The molecule has 5 nitrogen and oxygen atoms in total. The van der Waals surface area contributed by atoms with Crippen molar-refractivity contribution >= 4 is 46.5 Å². The molecular formula is C13H14Cl3N3O2. The van der Waals surface area contributed by atoms with E-state index in [0.29, 0.717) is 36.6 Å². The van der Waals surface area contributed by atoms with Crippen LogP contribution in [0.25, 0.3) is 0 Å². The van der Waals surface area contributed by atoms with Gasteiger partial charge in [-0.05, 0) is 18.9 Å². The van der Waals surface area contributed by atoms with Crippen molar-refractivity contribution in [1.29, 1.82) is 0 Å². The highest BCUT2D eigenvalue weighted by Gasteiger charge is 2.34. The zero-order valence-corrected chi connectivity index (χ0v) is 13.4. The molecule has 3 rings (SSSR count). The summed E-state index contributed by atoms with van der Waals surface area (Å²) in [5.41, 5.74) is 0. The van der Waals surface area contributed by atoms with Gasteiger partial charge in [0.2, 0.25) is 5.91 Å². The van der Waals surface area contributed by atoms with Crippen LogP contribution in [0.2, 0.25) is 15.2 Å². The van der Waals surface area contributed by atoms with E-state index in [1.807, 2.05) is 4.90 Å². The van der Waals surface area contributed by atoms with Crippen LogP contribution in [0.5, 0.6) is 0 Å². The molecule has 2 fully saturated rings. The zero-order valence-electron chi connectivity index (χ0n) is 11.1. The number of hydrogen-bond donors (Lipinski definition) is 1. The summed E-state index contributed by atoms with van der Waals surface area (Å²) >= 11 is 18.1. The minimum absolute atomic E-state index is 0.0684. The molecule has 1 aromatic rings. The summed E-state index contributed by atoms with van der Waals surface area (Å²) in [4.78, 5) is 18.4. The van der Waals surface area contributed by atoms with Gasteiger partial charge in [0, 0.05) is 12.6 Å². The Labute approximate surface area is 137 Å². The first kappa shape index (κ1) is 15.2. The van der Waals surface area contributed by atoms with Gasteiger partial charge in [0.05, 0.1) is 23.3 Å². The lowest BCUT2D eigenvalue weighted by atomic mass is 10.2. The maximum Gasteiger partial charge on any atom is 0.245 e. The number of nitrogens with one attached hydrogen (secondary N) is 1. The molecule has 114 valence electrons. The second kappa shape index (κ2) is 6.16. The van der Waals surface area contributed by atoms with E-state index in [4.69, 9.17) is 39.5 Å². The smallest absolute Gasteiger partial charge is 0.245 e. The first-order chi connectivity index (χ1) is 10.1. The van der Waals surface area contributed by atoms with E-state index in [1.165, 1.54) is 0 Å². The number of pyridine rings is 1. The molecule has 0 bridgehead atoms. The topological polar surface area (TPSA) is 54.5 Å². The first-order valence-corrected chi connectivity index (χ1v) is 7.86. The van der Waals surface area contributed by atoms with Gasteiger partial charge in [-0.1, -0.05) is 34.8 Å². The Bertz CT molecular complexity index is 566. The number of halogens is 3. The molecule has 1 aliphatic heterocycles. The second-order valence-corrected chi connectivity index (χ2v) is 6.31. The molecule has 1 aliphatic carbocycles. The van der Waals surface area contributed by atoms with Crippen molar-refractivity contribution in [2.24, 2.45) is 0 Å². The maximum absolute atomic E-state index is 12.3. The summed E-state index contributed by atoms with van der Waals surface area (Å²) in [6, 6.07) is 1.37. The molecule has 1 saturated carbocycles. The van der Waals surface area contributed by atoms with Crippen LogP contribution in [-0.2, 0) is 9.53 Å². The van der Waals surface area contributed by atoms with Crippen molar-refractivity contribution in [3.63, 3.8) is 0 Å². The predicted octanol–water partition coefficient (Wildman–Crippen LogP) is 2.53. The highest BCUT2D eigenvalue weighted by molar-refractivity contribution is 6.43. The minimum atomic E-state index is -0.457. The maximum atomic E-state index is 12.3. The summed E-state index contributed by atoms with van der Waals surface area (Å²) in [7, 11) is 0. The summed E-state index contributed by atoms with van der Waals surface area (Å²) in [6.45, 7) is 1.33. The van der Waals surface area contributed by atoms with Gasteiger partial charge in [0.1, 0.15) is 17.0 Å². The minimum Gasteiger partial charge on any atom is -0.377 e. The Morgan fingerprint density at radius 1 is 1.33 bits per heavy atom. The molecule has 1 saturated heterocycles. The second-order valence-electron chi connectivity index (χ2n) is 5.13. The lowest BCUT2D eigenvalue weighted by Gasteiger charge is -2.36. The Hall–Kier alpha value is -0.750. The van der Waals surface area contributed by atoms with E-state index >= 15 is 0 Å². The summed E-state index contributed by atoms with van der Waals surface area (Å²) in [5.74, 6) is 0.395. The molecule has 0 radical (unpaired) electrons. The normalized spacial score (nSPS) is 22.2. The largest absolute Gasteiger partial charge is 0.377 e.